The summed E-state index contributed by atoms with van der Waals surface area (Å²) in [5, 5.41) is 24.6. The number of aliphatic hydroxyl groups excluding tert-OH is 1. The van der Waals surface area contributed by atoms with Gasteiger partial charge in [-0.1, -0.05) is 36.8 Å². The molecule has 5 atom stereocenters. The quantitative estimate of drug-likeness (QED) is 0.519. The van der Waals surface area contributed by atoms with Crippen molar-refractivity contribution >= 4 is 17.7 Å². The van der Waals surface area contributed by atoms with Crippen LogP contribution in [0.15, 0.2) is 53.6 Å². The lowest BCUT2D eigenvalue weighted by Gasteiger charge is -2.41. The first-order valence-electron chi connectivity index (χ1n) is 12.3. The van der Waals surface area contributed by atoms with Gasteiger partial charge in [0.25, 0.3) is 0 Å². The van der Waals surface area contributed by atoms with Crippen molar-refractivity contribution in [2.75, 3.05) is 26.2 Å². The molecule has 4 bridgehead atoms. The smallest absolute Gasteiger partial charge is 0.409 e. The number of methoxy groups -OCH3 is 2. The molecular formula is C28H38N2O7. The molecular weight excluding hydrogens is 476 g/mol. The Morgan fingerprint density at radius 3 is 2.59 bits per heavy atom. The van der Waals surface area contributed by atoms with Crippen molar-refractivity contribution in [2.24, 2.45) is 5.92 Å². The molecule has 37 heavy (non-hydrogen) atoms. The van der Waals surface area contributed by atoms with Gasteiger partial charge in [-0.25, -0.2) is 4.79 Å². The number of amides is 2. The van der Waals surface area contributed by atoms with Crippen LogP contribution in [0.4, 0.5) is 10.5 Å². The minimum Gasteiger partial charge on any atom is -0.497 e. The third-order valence-corrected chi connectivity index (χ3v) is 6.92. The van der Waals surface area contributed by atoms with Crippen LogP contribution in [0.25, 0.3) is 0 Å². The molecule has 1 aromatic carbocycles. The molecule has 2 aliphatic heterocycles. The number of carbonyl (C=O) groups is 2. The zero-order chi connectivity index (χ0) is 27.3. The lowest BCUT2D eigenvalue weighted by molar-refractivity contribution is -0.138. The van der Waals surface area contributed by atoms with Crippen molar-refractivity contribution < 1.29 is 34.0 Å². The van der Waals surface area contributed by atoms with Gasteiger partial charge < -0.3 is 29.3 Å². The third kappa shape index (κ3) is 7.00. The van der Waals surface area contributed by atoms with E-state index in [2.05, 4.69) is 5.32 Å². The standard InChI is InChI=1S/C28H38N2O7/c1-17-8-7-9-25(36-6)28(34)16-24(37-27(33)29-28)19(3)11-18(2)23(31)15-26(32)30(4)21-12-20(10-17)13-22(14-21)35-5/h7-9,11-14,19,23-25,31,34H,10,15-16H2,1-6H3,(H,29,33). The second-order valence-corrected chi connectivity index (χ2v) is 9.91. The second-order valence-electron chi connectivity index (χ2n) is 9.91. The van der Waals surface area contributed by atoms with Gasteiger partial charge in [0.1, 0.15) is 18.0 Å². The van der Waals surface area contributed by atoms with Gasteiger partial charge in [0.2, 0.25) is 5.91 Å². The Bertz CT molecular complexity index is 1100. The molecule has 0 spiro atoms. The van der Waals surface area contributed by atoms with Gasteiger partial charge in [0.15, 0.2) is 5.72 Å². The van der Waals surface area contributed by atoms with E-state index in [9.17, 15) is 19.8 Å². The van der Waals surface area contributed by atoms with Gasteiger partial charge in [0, 0.05) is 38.2 Å². The van der Waals surface area contributed by atoms with Crippen molar-refractivity contribution in [1.29, 1.82) is 0 Å². The average molecular weight is 515 g/mol. The van der Waals surface area contributed by atoms with Crippen LogP contribution >= 0.6 is 0 Å². The Kier molecular flexibility index (Phi) is 9.17. The van der Waals surface area contributed by atoms with E-state index in [1.807, 2.05) is 32.1 Å². The van der Waals surface area contributed by atoms with Crippen LogP contribution in [0.2, 0.25) is 0 Å². The fraction of sp³-hybridized carbons (Fsp3) is 0.500. The fourth-order valence-corrected chi connectivity index (χ4v) is 4.66. The molecule has 0 aliphatic carbocycles. The second kappa shape index (κ2) is 11.9. The normalized spacial score (nSPS) is 29.7. The van der Waals surface area contributed by atoms with Crippen molar-refractivity contribution in [3.8, 4) is 5.75 Å². The molecule has 9 nitrogen and oxygen atoms in total. The SMILES string of the molecule is COc1cc2cc(c1)N(C)C(=O)CC(O)C(C)=CC(C)C1CC(O)(NC(=O)O1)C(OC)C=CC=C(C)C2. The van der Waals surface area contributed by atoms with Gasteiger partial charge in [-0.2, -0.15) is 0 Å². The number of carbonyl (C=O) groups excluding carboxylic acids is 2. The van der Waals surface area contributed by atoms with E-state index in [-0.39, 0.29) is 24.7 Å². The molecule has 0 radical (unpaired) electrons. The Balaban J connectivity index is 2.04. The summed E-state index contributed by atoms with van der Waals surface area (Å²) in [6.45, 7) is 5.53. The van der Waals surface area contributed by atoms with Gasteiger partial charge in [-0.05, 0) is 43.5 Å². The summed E-state index contributed by atoms with van der Waals surface area (Å²) >= 11 is 0. The number of alkyl carbamates (subject to hydrolysis) is 1. The molecule has 2 aliphatic rings. The van der Waals surface area contributed by atoms with Crippen LogP contribution in [0.5, 0.6) is 5.75 Å². The van der Waals surface area contributed by atoms with E-state index in [4.69, 9.17) is 14.2 Å². The number of nitrogens with one attached hydrogen (secondary N) is 1. The summed E-state index contributed by atoms with van der Waals surface area (Å²) in [5.41, 5.74) is 1.50. The molecule has 3 N–H and O–H groups in total. The summed E-state index contributed by atoms with van der Waals surface area (Å²) in [7, 11) is 4.71. The number of allylic oxidation sites excluding steroid dienone is 3. The maximum Gasteiger partial charge on any atom is 0.409 e. The van der Waals surface area contributed by atoms with Gasteiger partial charge in [0.05, 0.1) is 19.6 Å². The lowest BCUT2D eigenvalue weighted by atomic mass is 9.89. The number of ether oxygens (including phenoxy) is 3. The molecule has 9 heteroatoms. The molecule has 202 valence electrons. The predicted molar refractivity (Wildman–Crippen MR) is 140 cm³/mol. The van der Waals surface area contributed by atoms with Gasteiger partial charge in [-0.3, -0.25) is 10.1 Å². The van der Waals surface area contributed by atoms with E-state index in [0.29, 0.717) is 23.4 Å². The largest absolute Gasteiger partial charge is 0.497 e. The van der Waals surface area contributed by atoms with Crippen molar-refractivity contribution in [3.05, 3.63) is 59.2 Å². The zero-order valence-corrected chi connectivity index (χ0v) is 22.4. The van der Waals surface area contributed by atoms with E-state index >= 15 is 0 Å². The molecule has 1 fully saturated rings. The van der Waals surface area contributed by atoms with E-state index < -0.39 is 30.1 Å². The summed E-state index contributed by atoms with van der Waals surface area (Å²) in [6.07, 6.45) is 4.41. The summed E-state index contributed by atoms with van der Waals surface area (Å²) in [4.78, 5) is 26.9. The average Bonchev–Trinajstić information content (AvgIpc) is 2.84. The number of aliphatic hydroxyl groups is 2. The molecule has 1 aromatic rings. The summed E-state index contributed by atoms with van der Waals surface area (Å²) in [6, 6.07) is 5.61. The first-order valence-corrected chi connectivity index (χ1v) is 12.3. The minimum atomic E-state index is -1.69. The molecule has 2 heterocycles. The molecule has 5 unspecified atom stereocenters. The monoisotopic (exact) mass is 514 g/mol. The molecule has 3 rings (SSSR count). The van der Waals surface area contributed by atoms with Crippen LogP contribution in [-0.2, 0) is 20.7 Å². The number of anilines is 1. The fourth-order valence-electron chi connectivity index (χ4n) is 4.66. The maximum atomic E-state index is 13.0. The molecule has 0 saturated carbocycles. The number of benzene rings is 1. The highest BCUT2D eigenvalue weighted by molar-refractivity contribution is 5.93. The topological polar surface area (TPSA) is 118 Å². The van der Waals surface area contributed by atoms with Gasteiger partial charge in [-0.15, -0.1) is 0 Å². The number of fused-ring (bicyclic) bond motifs is 4. The highest BCUT2D eigenvalue weighted by atomic mass is 16.6. The number of nitrogens with zero attached hydrogens (tertiary/aromatic N) is 1. The first kappa shape index (κ1) is 28.4. The summed E-state index contributed by atoms with van der Waals surface area (Å²) in [5.74, 6) is 0.0223. The number of hydrogen-bond donors (Lipinski definition) is 3. The van der Waals surface area contributed by atoms with E-state index in [1.165, 1.54) is 12.0 Å². The Hall–Kier alpha value is -3.14. The number of hydrogen-bond acceptors (Lipinski definition) is 7. The Labute approximate surface area is 218 Å². The third-order valence-electron chi connectivity index (χ3n) is 6.92. The highest BCUT2D eigenvalue weighted by Crippen LogP contribution is 2.30. The highest BCUT2D eigenvalue weighted by Gasteiger charge is 2.46. The summed E-state index contributed by atoms with van der Waals surface area (Å²) < 4.78 is 16.4. The first-order chi connectivity index (χ1) is 17.4. The van der Waals surface area contributed by atoms with Crippen LogP contribution in [-0.4, -0.2) is 67.5 Å². The zero-order valence-electron chi connectivity index (χ0n) is 22.4. The molecule has 0 aromatic heterocycles. The molecule has 1 saturated heterocycles. The van der Waals surface area contributed by atoms with E-state index in [0.717, 1.165) is 11.1 Å². The minimum absolute atomic E-state index is 0.0681. The van der Waals surface area contributed by atoms with Crippen molar-refractivity contribution in [1.82, 2.24) is 5.32 Å². The Morgan fingerprint density at radius 1 is 1.19 bits per heavy atom. The van der Waals surface area contributed by atoms with E-state index in [1.54, 1.807) is 45.4 Å². The maximum absolute atomic E-state index is 13.0. The Morgan fingerprint density at radius 2 is 1.92 bits per heavy atom. The number of rotatable bonds is 2. The van der Waals surface area contributed by atoms with Crippen LogP contribution < -0.4 is 15.0 Å². The van der Waals surface area contributed by atoms with Crippen LogP contribution in [0.3, 0.4) is 0 Å². The van der Waals surface area contributed by atoms with Crippen molar-refractivity contribution in [2.45, 2.75) is 64.1 Å². The van der Waals surface area contributed by atoms with Crippen LogP contribution in [0.1, 0.15) is 39.2 Å². The predicted octanol–water partition coefficient (Wildman–Crippen LogP) is 3.25. The lowest BCUT2D eigenvalue weighted by Crippen LogP contribution is -2.63. The van der Waals surface area contributed by atoms with Crippen LogP contribution in [0, 0.1) is 5.92 Å². The molecule has 2 amide bonds. The van der Waals surface area contributed by atoms with Crippen molar-refractivity contribution in [3.63, 3.8) is 0 Å². The van der Waals surface area contributed by atoms with Gasteiger partial charge >= 0.3 is 6.09 Å².